The Labute approximate surface area is 145 Å². The van der Waals surface area contributed by atoms with Crippen molar-refractivity contribution in [3.63, 3.8) is 0 Å². The van der Waals surface area contributed by atoms with Crippen LogP contribution < -0.4 is 0 Å². The highest BCUT2D eigenvalue weighted by Gasteiger charge is 2.34. The van der Waals surface area contributed by atoms with Gasteiger partial charge in [0.1, 0.15) is 5.82 Å². The first kappa shape index (κ1) is 20.7. The van der Waals surface area contributed by atoms with Gasteiger partial charge in [-0.3, -0.25) is 0 Å². The summed E-state index contributed by atoms with van der Waals surface area (Å²) in [5, 5.41) is 8.59. The van der Waals surface area contributed by atoms with Gasteiger partial charge in [-0.25, -0.2) is 4.39 Å². The number of halogens is 4. The smallest absolute Gasteiger partial charge is 0.207 e. The minimum absolute atomic E-state index is 0.124. The maximum atomic E-state index is 12.6. The molecule has 25 heavy (non-hydrogen) atoms. The van der Waals surface area contributed by atoms with Gasteiger partial charge in [-0.05, 0) is 47.2 Å². The Kier molecular flexibility index (Phi) is 7.17. The highest BCUT2D eigenvalue weighted by atomic mass is 19.4. The molecule has 5 heteroatoms. The largest absolute Gasteiger partial charge is 0.416 e. The van der Waals surface area contributed by atoms with E-state index in [2.05, 4.69) is 19.9 Å². The van der Waals surface area contributed by atoms with Crippen LogP contribution >= 0.6 is 0 Å². The van der Waals surface area contributed by atoms with Crippen molar-refractivity contribution in [1.29, 1.82) is 5.26 Å². The van der Waals surface area contributed by atoms with Gasteiger partial charge in [-0.1, -0.05) is 45.9 Å². The van der Waals surface area contributed by atoms with Crippen molar-refractivity contribution in [3.8, 4) is 6.07 Å². The van der Waals surface area contributed by atoms with Crippen molar-refractivity contribution in [2.24, 2.45) is 0 Å². The third kappa shape index (κ3) is 6.22. The maximum absolute atomic E-state index is 12.6. The SMILES string of the molecule is CC(C)c1ccc(F)cc1C(F)(F)F.CC(C)c1cccc(C#N)c1. The summed E-state index contributed by atoms with van der Waals surface area (Å²) >= 11 is 0. The van der Waals surface area contributed by atoms with Crippen LogP contribution in [0.15, 0.2) is 42.5 Å². The first-order chi connectivity index (χ1) is 11.6. The van der Waals surface area contributed by atoms with Crippen LogP contribution in [0.3, 0.4) is 0 Å². The minimum atomic E-state index is -4.48. The van der Waals surface area contributed by atoms with Crippen LogP contribution in [0.4, 0.5) is 17.6 Å². The van der Waals surface area contributed by atoms with Crippen molar-refractivity contribution >= 4 is 0 Å². The third-order valence-corrected chi connectivity index (χ3v) is 3.63. The second-order valence-electron chi connectivity index (χ2n) is 6.28. The van der Waals surface area contributed by atoms with Gasteiger partial charge in [-0.2, -0.15) is 18.4 Å². The summed E-state index contributed by atoms with van der Waals surface area (Å²) in [6.07, 6.45) is -4.48. The number of hydrogen-bond acceptors (Lipinski definition) is 1. The Morgan fingerprint density at radius 3 is 2.04 bits per heavy atom. The van der Waals surface area contributed by atoms with E-state index in [1.807, 2.05) is 24.3 Å². The number of benzene rings is 2. The number of hydrogen-bond donors (Lipinski definition) is 0. The van der Waals surface area contributed by atoms with Crippen molar-refractivity contribution in [1.82, 2.24) is 0 Å². The van der Waals surface area contributed by atoms with E-state index >= 15 is 0 Å². The minimum Gasteiger partial charge on any atom is -0.207 e. The second-order valence-corrected chi connectivity index (χ2v) is 6.28. The Morgan fingerprint density at radius 1 is 0.920 bits per heavy atom. The Bertz CT molecular complexity index is 740. The number of alkyl halides is 3. The van der Waals surface area contributed by atoms with Crippen LogP contribution in [0.25, 0.3) is 0 Å². The highest BCUT2D eigenvalue weighted by molar-refractivity contribution is 5.34. The molecule has 1 nitrogen and oxygen atoms in total. The van der Waals surface area contributed by atoms with Gasteiger partial charge in [0.15, 0.2) is 0 Å². The lowest BCUT2D eigenvalue weighted by Gasteiger charge is -2.15. The van der Waals surface area contributed by atoms with Crippen molar-refractivity contribution in [2.45, 2.75) is 45.7 Å². The van der Waals surface area contributed by atoms with E-state index in [4.69, 9.17) is 5.26 Å². The summed E-state index contributed by atoms with van der Waals surface area (Å²) in [6, 6.07) is 12.6. The average Bonchev–Trinajstić information content (AvgIpc) is 2.54. The van der Waals surface area contributed by atoms with E-state index < -0.39 is 17.6 Å². The summed E-state index contributed by atoms with van der Waals surface area (Å²) in [6.45, 7) is 7.53. The van der Waals surface area contributed by atoms with Gasteiger partial charge >= 0.3 is 6.18 Å². The summed E-state index contributed by atoms with van der Waals surface area (Å²) in [5.41, 5.74) is 1.21. The molecular formula is C20H21F4N. The molecule has 2 aromatic carbocycles. The summed E-state index contributed by atoms with van der Waals surface area (Å²) in [7, 11) is 0. The summed E-state index contributed by atoms with van der Waals surface area (Å²) < 4.78 is 49.9. The topological polar surface area (TPSA) is 23.8 Å². The van der Waals surface area contributed by atoms with Crippen LogP contribution in [0.2, 0.25) is 0 Å². The fourth-order valence-corrected chi connectivity index (χ4v) is 2.24. The molecule has 0 aliphatic rings. The molecule has 0 aromatic heterocycles. The van der Waals surface area contributed by atoms with E-state index in [0.717, 1.165) is 11.6 Å². The average molecular weight is 351 g/mol. The van der Waals surface area contributed by atoms with E-state index in [1.54, 1.807) is 13.8 Å². The summed E-state index contributed by atoms with van der Waals surface area (Å²) in [5.74, 6) is -0.628. The lowest BCUT2D eigenvalue weighted by molar-refractivity contribution is -0.138. The monoisotopic (exact) mass is 351 g/mol. The molecule has 0 unspecified atom stereocenters. The van der Waals surface area contributed by atoms with Crippen LogP contribution in [0.5, 0.6) is 0 Å². The molecule has 0 saturated carbocycles. The molecule has 2 aromatic rings. The van der Waals surface area contributed by atoms with E-state index in [0.29, 0.717) is 12.0 Å². The Hall–Kier alpha value is -2.35. The lowest BCUT2D eigenvalue weighted by atomic mass is 9.97. The molecule has 0 atom stereocenters. The zero-order valence-electron chi connectivity index (χ0n) is 14.7. The van der Waals surface area contributed by atoms with Gasteiger partial charge in [0.2, 0.25) is 0 Å². The Morgan fingerprint density at radius 2 is 1.56 bits per heavy atom. The first-order valence-corrected chi connectivity index (χ1v) is 7.93. The number of rotatable bonds is 2. The van der Waals surface area contributed by atoms with Crippen LogP contribution in [0, 0.1) is 17.1 Å². The van der Waals surface area contributed by atoms with Crippen molar-refractivity contribution < 1.29 is 17.6 Å². The molecule has 0 radical (unpaired) electrons. The van der Waals surface area contributed by atoms with Gasteiger partial charge in [0.25, 0.3) is 0 Å². The van der Waals surface area contributed by atoms with E-state index in [9.17, 15) is 17.6 Å². The predicted octanol–water partition coefficient (Wildman–Crippen LogP) is 6.65. The lowest BCUT2D eigenvalue weighted by Crippen LogP contribution is -2.10. The zero-order chi connectivity index (χ0) is 19.2. The molecular weight excluding hydrogens is 330 g/mol. The van der Waals surface area contributed by atoms with Crippen molar-refractivity contribution in [3.05, 3.63) is 70.5 Å². The number of nitrogens with zero attached hydrogens (tertiary/aromatic N) is 1. The molecule has 2 rings (SSSR count). The molecule has 0 aliphatic heterocycles. The molecule has 0 aliphatic carbocycles. The quantitative estimate of drug-likeness (QED) is 0.556. The molecule has 0 N–H and O–H groups in total. The highest BCUT2D eigenvalue weighted by Crippen LogP contribution is 2.35. The predicted molar refractivity (Wildman–Crippen MR) is 90.7 cm³/mol. The second kappa shape index (κ2) is 8.66. The van der Waals surface area contributed by atoms with Gasteiger partial charge in [-0.15, -0.1) is 0 Å². The Balaban J connectivity index is 0.000000257. The fourth-order valence-electron chi connectivity index (χ4n) is 2.24. The van der Waals surface area contributed by atoms with Crippen molar-refractivity contribution in [2.75, 3.05) is 0 Å². The van der Waals surface area contributed by atoms with Gasteiger partial charge in [0.05, 0.1) is 17.2 Å². The normalized spacial score (nSPS) is 11.1. The van der Waals surface area contributed by atoms with Gasteiger partial charge in [0, 0.05) is 0 Å². The molecule has 0 spiro atoms. The first-order valence-electron chi connectivity index (χ1n) is 7.93. The standard InChI is InChI=1S/C10H10F4.C10H11N/c1-6(2)8-4-3-7(11)5-9(8)10(12,13)14;1-8(2)10-5-3-4-9(6-10)7-11/h3-6H,1-2H3;3-6,8H,1-2H3. The zero-order valence-corrected chi connectivity index (χ0v) is 14.7. The maximum Gasteiger partial charge on any atom is 0.416 e. The number of nitriles is 1. The van der Waals surface area contributed by atoms with Crippen LogP contribution in [-0.4, -0.2) is 0 Å². The van der Waals surface area contributed by atoms with Gasteiger partial charge < -0.3 is 0 Å². The van der Waals surface area contributed by atoms with E-state index in [-0.39, 0.29) is 11.5 Å². The molecule has 0 heterocycles. The molecule has 0 amide bonds. The van der Waals surface area contributed by atoms with E-state index in [1.165, 1.54) is 11.6 Å². The molecule has 0 fully saturated rings. The molecule has 0 saturated heterocycles. The molecule has 0 bridgehead atoms. The third-order valence-electron chi connectivity index (χ3n) is 3.63. The molecule has 134 valence electrons. The fraction of sp³-hybridized carbons (Fsp3) is 0.350. The van der Waals surface area contributed by atoms with Crippen LogP contribution in [-0.2, 0) is 6.18 Å². The van der Waals surface area contributed by atoms with Crippen LogP contribution in [0.1, 0.15) is 61.8 Å². The summed E-state index contributed by atoms with van der Waals surface area (Å²) in [4.78, 5) is 0.